The second-order valence-corrected chi connectivity index (χ2v) is 6.74. The normalized spacial score (nSPS) is 10.1. The van der Waals surface area contributed by atoms with Crippen molar-refractivity contribution >= 4 is 96.3 Å². The van der Waals surface area contributed by atoms with Crippen molar-refractivity contribution in [2.45, 2.75) is 0 Å². The molecule has 2 N–H and O–H groups in total. The fraction of sp³-hybridized carbons (Fsp3) is 0.111. The lowest BCUT2D eigenvalue weighted by molar-refractivity contribution is -0.110. The maximum Gasteiger partial charge on any atom is 0.337 e. The largest absolute Gasteiger partial charge is 0.478 e. The molecule has 92 valence electrons. The number of carbonyl (C=O) groups excluding carboxylic acids is 1. The summed E-state index contributed by atoms with van der Waals surface area (Å²) in [4.78, 5) is 21.8. The van der Waals surface area contributed by atoms with Crippen LogP contribution in [0, 0.1) is 10.7 Å². The Morgan fingerprint density at radius 2 is 1.88 bits per heavy atom. The maximum atomic E-state index is 11.1. The SMILES string of the molecule is O=C(Cl)CNc1c(I)cc(I)c(C(=O)O)c1I. The molecule has 0 saturated carbocycles. The molecule has 0 heterocycles. The van der Waals surface area contributed by atoms with Crippen molar-refractivity contribution < 1.29 is 14.7 Å². The van der Waals surface area contributed by atoms with Crippen LogP contribution in [0.15, 0.2) is 6.07 Å². The molecule has 0 aromatic heterocycles. The summed E-state index contributed by atoms with van der Waals surface area (Å²) >= 11 is 11.2. The van der Waals surface area contributed by atoms with Gasteiger partial charge in [0.15, 0.2) is 0 Å². The number of aromatic carboxylic acids is 1. The van der Waals surface area contributed by atoms with Crippen LogP contribution in [-0.4, -0.2) is 22.9 Å². The third-order valence-electron chi connectivity index (χ3n) is 1.79. The number of anilines is 1. The average molecular weight is 591 g/mol. The predicted molar refractivity (Wildman–Crippen MR) is 90.9 cm³/mol. The third kappa shape index (κ3) is 4.06. The molecule has 0 fully saturated rings. The molecule has 1 rings (SSSR count). The number of nitrogens with one attached hydrogen (secondary N) is 1. The van der Waals surface area contributed by atoms with Gasteiger partial charge in [-0.3, -0.25) is 4.79 Å². The van der Waals surface area contributed by atoms with Gasteiger partial charge in [0.2, 0.25) is 5.24 Å². The smallest absolute Gasteiger partial charge is 0.337 e. The molecule has 0 bridgehead atoms. The minimum atomic E-state index is -0.990. The second kappa shape index (κ2) is 6.70. The van der Waals surface area contributed by atoms with Crippen LogP contribution >= 0.6 is 79.4 Å². The summed E-state index contributed by atoms with van der Waals surface area (Å²) in [5.74, 6) is -0.990. The fourth-order valence-corrected chi connectivity index (χ4v) is 5.39. The quantitative estimate of drug-likeness (QED) is 0.417. The van der Waals surface area contributed by atoms with Gasteiger partial charge in [0.1, 0.15) is 0 Å². The van der Waals surface area contributed by atoms with Crippen LogP contribution in [0.2, 0.25) is 0 Å². The van der Waals surface area contributed by atoms with Crippen molar-refractivity contribution in [3.63, 3.8) is 0 Å². The van der Waals surface area contributed by atoms with Crippen molar-refractivity contribution in [3.8, 4) is 0 Å². The van der Waals surface area contributed by atoms with Gasteiger partial charge in [-0.1, -0.05) is 0 Å². The Morgan fingerprint density at radius 3 is 2.35 bits per heavy atom. The van der Waals surface area contributed by atoms with E-state index in [0.717, 1.165) is 3.57 Å². The molecule has 1 aromatic carbocycles. The Balaban J connectivity index is 3.25. The molecule has 0 spiro atoms. The van der Waals surface area contributed by atoms with E-state index in [1.807, 2.05) is 45.2 Å². The van der Waals surface area contributed by atoms with E-state index in [1.165, 1.54) is 0 Å². The van der Waals surface area contributed by atoms with Crippen LogP contribution in [0.1, 0.15) is 10.4 Å². The van der Waals surface area contributed by atoms with Crippen LogP contribution in [0.3, 0.4) is 0 Å². The standard InChI is InChI=1S/C9H5ClI3NO3/c10-5(15)2-14-8-4(12)1-3(11)6(7(8)13)9(16)17/h1,14H,2H2,(H,16,17). The zero-order chi connectivity index (χ0) is 13.2. The van der Waals surface area contributed by atoms with E-state index in [4.69, 9.17) is 16.7 Å². The number of carbonyl (C=O) groups is 2. The highest BCUT2D eigenvalue weighted by molar-refractivity contribution is 14.1. The van der Waals surface area contributed by atoms with Gasteiger partial charge in [0.25, 0.3) is 0 Å². The van der Waals surface area contributed by atoms with Gasteiger partial charge in [0.05, 0.1) is 21.4 Å². The molecule has 0 amide bonds. The summed E-state index contributed by atoms with van der Waals surface area (Å²) < 4.78 is 2.08. The zero-order valence-electron chi connectivity index (χ0n) is 8.06. The number of carboxylic acid groups (broad SMARTS) is 1. The van der Waals surface area contributed by atoms with Gasteiger partial charge in [-0.25, -0.2) is 4.79 Å². The third-order valence-corrected chi connectivity index (χ3v) is 4.70. The number of rotatable bonds is 4. The Hall–Kier alpha value is 0.640. The van der Waals surface area contributed by atoms with Gasteiger partial charge < -0.3 is 10.4 Å². The zero-order valence-corrected chi connectivity index (χ0v) is 15.3. The first-order valence-electron chi connectivity index (χ1n) is 4.17. The number of benzene rings is 1. The number of carboxylic acids is 1. The highest BCUT2D eigenvalue weighted by atomic mass is 127. The molecule has 4 nitrogen and oxygen atoms in total. The summed E-state index contributed by atoms with van der Waals surface area (Å²) in [6, 6.07) is 1.74. The highest BCUT2D eigenvalue weighted by Gasteiger charge is 2.19. The average Bonchev–Trinajstić information content (AvgIpc) is 2.14. The predicted octanol–water partition coefficient (Wildman–Crippen LogP) is 3.38. The lowest BCUT2D eigenvalue weighted by atomic mass is 10.2. The van der Waals surface area contributed by atoms with Gasteiger partial charge >= 0.3 is 5.97 Å². The van der Waals surface area contributed by atoms with E-state index in [9.17, 15) is 9.59 Å². The van der Waals surface area contributed by atoms with Gasteiger partial charge in [-0.05, 0) is 85.4 Å². The van der Waals surface area contributed by atoms with Crippen molar-refractivity contribution in [2.75, 3.05) is 11.9 Å². The van der Waals surface area contributed by atoms with Crippen molar-refractivity contribution in [2.24, 2.45) is 0 Å². The first-order valence-corrected chi connectivity index (χ1v) is 7.79. The first kappa shape index (κ1) is 15.7. The first-order chi connectivity index (χ1) is 7.84. The van der Waals surface area contributed by atoms with Gasteiger partial charge in [-0.2, -0.15) is 0 Å². The van der Waals surface area contributed by atoms with E-state index in [0.29, 0.717) is 12.8 Å². The molecule has 0 aliphatic rings. The van der Waals surface area contributed by atoms with Crippen LogP contribution in [0.25, 0.3) is 0 Å². The second-order valence-electron chi connectivity index (χ2n) is 2.92. The molecule has 17 heavy (non-hydrogen) atoms. The van der Waals surface area contributed by atoms with E-state index in [2.05, 4.69) is 27.9 Å². The van der Waals surface area contributed by atoms with Crippen LogP contribution in [0.4, 0.5) is 5.69 Å². The minimum Gasteiger partial charge on any atom is -0.478 e. The van der Waals surface area contributed by atoms with E-state index in [-0.39, 0.29) is 12.1 Å². The van der Waals surface area contributed by atoms with Crippen LogP contribution in [-0.2, 0) is 4.79 Å². The molecule has 0 unspecified atom stereocenters. The van der Waals surface area contributed by atoms with Crippen LogP contribution in [0.5, 0.6) is 0 Å². The van der Waals surface area contributed by atoms with Gasteiger partial charge in [-0.15, -0.1) is 0 Å². The minimum absolute atomic E-state index is 0.0345. The van der Waals surface area contributed by atoms with E-state index >= 15 is 0 Å². The summed E-state index contributed by atoms with van der Waals surface area (Å²) in [6.45, 7) is -0.0345. The summed E-state index contributed by atoms with van der Waals surface area (Å²) in [7, 11) is 0. The van der Waals surface area contributed by atoms with E-state index in [1.54, 1.807) is 6.07 Å². The molecular formula is C9H5ClI3NO3. The molecular weight excluding hydrogens is 586 g/mol. The molecule has 0 radical (unpaired) electrons. The summed E-state index contributed by atoms with van der Waals surface area (Å²) in [5, 5.41) is 11.4. The molecule has 1 aromatic rings. The Morgan fingerprint density at radius 1 is 1.29 bits per heavy atom. The molecule has 0 aliphatic carbocycles. The summed E-state index contributed by atoms with van der Waals surface area (Å²) in [6.07, 6.45) is 0. The maximum absolute atomic E-state index is 11.1. The van der Waals surface area contributed by atoms with E-state index < -0.39 is 11.2 Å². The Labute approximate surface area is 143 Å². The Kier molecular flexibility index (Phi) is 6.19. The topological polar surface area (TPSA) is 66.4 Å². The van der Waals surface area contributed by atoms with Crippen molar-refractivity contribution in [1.29, 1.82) is 0 Å². The lowest BCUT2D eigenvalue weighted by Crippen LogP contribution is -2.13. The Bertz CT molecular complexity index is 493. The van der Waals surface area contributed by atoms with Crippen molar-refractivity contribution in [1.82, 2.24) is 0 Å². The number of hydrogen-bond donors (Lipinski definition) is 2. The molecule has 8 heteroatoms. The number of hydrogen-bond acceptors (Lipinski definition) is 3. The lowest BCUT2D eigenvalue weighted by Gasteiger charge is -2.12. The van der Waals surface area contributed by atoms with Gasteiger partial charge in [0, 0.05) is 7.14 Å². The molecule has 0 atom stereocenters. The van der Waals surface area contributed by atoms with Crippen molar-refractivity contribution in [3.05, 3.63) is 22.3 Å². The highest BCUT2D eigenvalue weighted by Crippen LogP contribution is 2.31. The monoisotopic (exact) mass is 591 g/mol. The summed E-state index contributed by atoms with van der Waals surface area (Å²) in [5.41, 5.74) is 0.856. The number of halogens is 4. The van der Waals surface area contributed by atoms with Crippen LogP contribution < -0.4 is 5.32 Å². The molecule has 0 saturated heterocycles. The fourth-order valence-electron chi connectivity index (χ4n) is 1.11. The molecule has 0 aliphatic heterocycles.